The van der Waals surface area contributed by atoms with Gasteiger partial charge in [0.2, 0.25) is 10.0 Å². The van der Waals surface area contributed by atoms with Gasteiger partial charge < -0.3 is 10.0 Å². The molecule has 1 amide bonds. The van der Waals surface area contributed by atoms with Crippen molar-refractivity contribution in [3.63, 3.8) is 0 Å². The van der Waals surface area contributed by atoms with E-state index in [0.717, 1.165) is 0 Å². The van der Waals surface area contributed by atoms with Crippen LogP contribution < -0.4 is 0 Å². The number of carboxylic acids is 1. The van der Waals surface area contributed by atoms with Gasteiger partial charge >= 0.3 is 5.97 Å². The van der Waals surface area contributed by atoms with E-state index in [0.29, 0.717) is 36.9 Å². The molecule has 1 aliphatic heterocycles. The van der Waals surface area contributed by atoms with E-state index in [1.54, 1.807) is 19.9 Å². The van der Waals surface area contributed by atoms with Crippen LogP contribution in [0.5, 0.6) is 0 Å². The standard InChI is InChI=1S/C17H23BrN2O5S/c1-3-20(4-2)26(24,25)13-7-8-15(18)14(10-13)16(21)19-9-5-6-12(11-19)17(22)23/h7-8,10,12H,3-6,9,11H2,1-2H3,(H,22,23). The van der Waals surface area contributed by atoms with Crippen LogP contribution in [-0.4, -0.2) is 60.8 Å². The Morgan fingerprint density at radius 1 is 1.31 bits per heavy atom. The SMILES string of the molecule is CCN(CC)S(=O)(=O)c1ccc(Br)c(C(=O)N2CCCC(C(=O)O)C2)c1. The van der Waals surface area contributed by atoms with Crippen molar-refractivity contribution in [3.8, 4) is 0 Å². The number of likely N-dealkylation sites (tertiary alicyclic amines) is 1. The quantitative estimate of drug-likeness (QED) is 0.723. The largest absolute Gasteiger partial charge is 0.481 e. The Morgan fingerprint density at radius 3 is 2.54 bits per heavy atom. The van der Waals surface area contributed by atoms with Crippen molar-refractivity contribution in [1.29, 1.82) is 0 Å². The molecule has 1 unspecified atom stereocenters. The van der Waals surface area contributed by atoms with Crippen LogP contribution in [0.4, 0.5) is 0 Å². The summed E-state index contributed by atoms with van der Waals surface area (Å²) in [6.45, 7) is 4.78. The summed E-state index contributed by atoms with van der Waals surface area (Å²) in [4.78, 5) is 25.6. The number of amides is 1. The number of rotatable bonds is 6. The lowest BCUT2D eigenvalue weighted by molar-refractivity contribution is -0.143. The van der Waals surface area contributed by atoms with Gasteiger partial charge in [-0.2, -0.15) is 4.31 Å². The van der Waals surface area contributed by atoms with Gasteiger partial charge in [0, 0.05) is 30.7 Å². The van der Waals surface area contributed by atoms with Crippen LogP contribution in [0.25, 0.3) is 0 Å². The summed E-state index contributed by atoms with van der Waals surface area (Å²) in [5.74, 6) is -1.87. The second-order valence-electron chi connectivity index (χ2n) is 6.16. The predicted molar refractivity (Wildman–Crippen MR) is 101 cm³/mol. The summed E-state index contributed by atoms with van der Waals surface area (Å²) in [6, 6.07) is 4.37. The van der Waals surface area contributed by atoms with Crippen molar-refractivity contribution in [2.75, 3.05) is 26.2 Å². The van der Waals surface area contributed by atoms with E-state index in [9.17, 15) is 23.1 Å². The molecule has 1 fully saturated rings. The fourth-order valence-electron chi connectivity index (χ4n) is 3.07. The van der Waals surface area contributed by atoms with E-state index in [1.165, 1.54) is 21.3 Å². The molecule has 0 bridgehead atoms. The molecule has 1 saturated heterocycles. The molecule has 1 aromatic rings. The van der Waals surface area contributed by atoms with E-state index in [-0.39, 0.29) is 22.9 Å². The van der Waals surface area contributed by atoms with Crippen molar-refractivity contribution in [2.24, 2.45) is 5.92 Å². The molecule has 144 valence electrons. The van der Waals surface area contributed by atoms with Crippen molar-refractivity contribution in [1.82, 2.24) is 9.21 Å². The van der Waals surface area contributed by atoms with Gasteiger partial charge in [0.1, 0.15) is 0 Å². The molecule has 1 heterocycles. The number of halogens is 1. The highest BCUT2D eigenvalue weighted by Crippen LogP contribution is 2.26. The summed E-state index contributed by atoms with van der Waals surface area (Å²) in [6.07, 6.45) is 1.15. The molecule has 26 heavy (non-hydrogen) atoms. The Labute approximate surface area is 162 Å². The molecular weight excluding hydrogens is 424 g/mol. The third kappa shape index (κ3) is 4.27. The van der Waals surface area contributed by atoms with Gasteiger partial charge in [0.05, 0.1) is 16.4 Å². The number of carbonyl (C=O) groups excluding carboxylic acids is 1. The highest BCUT2D eigenvalue weighted by molar-refractivity contribution is 9.10. The molecule has 0 aromatic heterocycles. The van der Waals surface area contributed by atoms with Crippen LogP contribution in [-0.2, 0) is 14.8 Å². The van der Waals surface area contributed by atoms with Gasteiger partial charge in [-0.05, 0) is 47.0 Å². The molecule has 0 saturated carbocycles. The summed E-state index contributed by atoms with van der Waals surface area (Å²) in [7, 11) is -3.68. The molecule has 1 atom stereocenters. The predicted octanol–water partition coefficient (Wildman–Crippen LogP) is 2.42. The zero-order valence-electron chi connectivity index (χ0n) is 14.8. The third-order valence-electron chi connectivity index (χ3n) is 4.57. The summed E-state index contributed by atoms with van der Waals surface area (Å²) < 4.78 is 27.2. The van der Waals surface area contributed by atoms with E-state index in [4.69, 9.17) is 0 Å². The smallest absolute Gasteiger partial charge is 0.308 e. The Hall–Kier alpha value is -1.45. The highest BCUT2D eigenvalue weighted by Gasteiger charge is 2.30. The lowest BCUT2D eigenvalue weighted by atomic mass is 9.97. The van der Waals surface area contributed by atoms with Crippen LogP contribution in [0, 0.1) is 5.92 Å². The number of nitrogens with zero attached hydrogens (tertiary/aromatic N) is 2. The van der Waals surface area contributed by atoms with Gasteiger partial charge in [-0.3, -0.25) is 9.59 Å². The van der Waals surface area contributed by atoms with Crippen LogP contribution in [0.3, 0.4) is 0 Å². The first-order valence-corrected chi connectivity index (χ1v) is 10.8. The van der Waals surface area contributed by atoms with E-state index in [1.807, 2.05) is 0 Å². The second-order valence-corrected chi connectivity index (χ2v) is 8.95. The lowest BCUT2D eigenvalue weighted by Gasteiger charge is -2.31. The zero-order chi connectivity index (χ0) is 19.5. The molecule has 1 aromatic carbocycles. The number of aliphatic carboxylic acids is 1. The first-order valence-electron chi connectivity index (χ1n) is 8.54. The fourth-order valence-corrected chi connectivity index (χ4v) is 4.98. The second kappa shape index (κ2) is 8.49. The van der Waals surface area contributed by atoms with Crippen LogP contribution in [0.1, 0.15) is 37.0 Å². The summed E-state index contributed by atoms with van der Waals surface area (Å²) in [5, 5.41) is 9.20. The van der Waals surface area contributed by atoms with E-state index < -0.39 is 21.9 Å². The van der Waals surface area contributed by atoms with Crippen LogP contribution >= 0.6 is 15.9 Å². The maximum atomic E-state index is 12.9. The van der Waals surface area contributed by atoms with Gasteiger partial charge in [0.25, 0.3) is 5.91 Å². The van der Waals surface area contributed by atoms with Crippen molar-refractivity contribution < 1.29 is 23.1 Å². The van der Waals surface area contributed by atoms with Gasteiger partial charge in [-0.25, -0.2) is 8.42 Å². The Morgan fingerprint density at radius 2 is 1.96 bits per heavy atom. The van der Waals surface area contributed by atoms with Crippen molar-refractivity contribution in [3.05, 3.63) is 28.2 Å². The van der Waals surface area contributed by atoms with Crippen molar-refractivity contribution in [2.45, 2.75) is 31.6 Å². The fraction of sp³-hybridized carbons (Fsp3) is 0.529. The van der Waals surface area contributed by atoms with Gasteiger partial charge in [0.15, 0.2) is 0 Å². The minimum absolute atomic E-state index is 0.0551. The third-order valence-corrected chi connectivity index (χ3v) is 7.31. The maximum absolute atomic E-state index is 12.9. The molecule has 0 spiro atoms. The number of hydrogen-bond acceptors (Lipinski definition) is 4. The highest BCUT2D eigenvalue weighted by atomic mass is 79.9. The number of piperidine rings is 1. The number of sulfonamides is 1. The lowest BCUT2D eigenvalue weighted by Crippen LogP contribution is -2.42. The number of carboxylic acid groups (broad SMARTS) is 1. The van der Waals surface area contributed by atoms with E-state index in [2.05, 4.69) is 15.9 Å². The van der Waals surface area contributed by atoms with E-state index >= 15 is 0 Å². The summed E-state index contributed by atoms with van der Waals surface area (Å²) >= 11 is 3.31. The molecule has 0 aliphatic carbocycles. The minimum atomic E-state index is -3.68. The normalized spacial score (nSPS) is 18.2. The Balaban J connectivity index is 2.35. The van der Waals surface area contributed by atoms with Crippen LogP contribution in [0.2, 0.25) is 0 Å². The van der Waals surface area contributed by atoms with Gasteiger partial charge in [-0.15, -0.1) is 0 Å². The van der Waals surface area contributed by atoms with Crippen molar-refractivity contribution >= 4 is 37.8 Å². The molecular formula is C17H23BrN2O5S. The molecule has 9 heteroatoms. The first kappa shape index (κ1) is 20.9. The number of carbonyl (C=O) groups is 2. The first-order chi connectivity index (χ1) is 12.2. The average Bonchev–Trinajstić information content (AvgIpc) is 2.62. The van der Waals surface area contributed by atoms with Gasteiger partial charge in [-0.1, -0.05) is 13.8 Å². The molecule has 0 radical (unpaired) electrons. The minimum Gasteiger partial charge on any atom is -0.481 e. The Bertz CT molecular complexity index is 792. The Kier molecular flexibility index (Phi) is 6.81. The maximum Gasteiger partial charge on any atom is 0.308 e. The number of hydrogen-bond donors (Lipinski definition) is 1. The monoisotopic (exact) mass is 446 g/mol. The molecule has 2 rings (SSSR count). The summed E-state index contributed by atoms with van der Waals surface area (Å²) in [5.41, 5.74) is 0.226. The molecule has 1 aliphatic rings. The number of benzene rings is 1. The topological polar surface area (TPSA) is 95.0 Å². The molecule has 1 N–H and O–H groups in total. The molecule has 7 nitrogen and oxygen atoms in total. The van der Waals surface area contributed by atoms with Crippen LogP contribution in [0.15, 0.2) is 27.6 Å². The average molecular weight is 447 g/mol. The zero-order valence-corrected chi connectivity index (χ0v) is 17.2.